The van der Waals surface area contributed by atoms with Gasteiger partial charge in [-0.1, -0.05) is 32.6 Å². The second-order valence-corrected chi connectivity index (χ2v) is 4.60. The van der Waals surface area contributed by atoms with Crippen LogP contribution in [0.3, 0.4) is 0 Å². The molecular formula is C12H26N2. The fraction of sp³-hybridized carbons (Fsp3) is 1.00. The second-order valence-electron chi connectivity index (χ2n) is 4.60. The van der Waals surface area contributed by atoms with Crippen molar-refractivity contribution in [3.8, 4) is 0 Å². The Kier molecular flexibility index (Phi) is 6.20. The third-order valence-corrected chi connectivity index (χ3v) is 3.33. The predicted octanol–water partition coefficient (Wildman–Crippen LogP) is 2.43. The monoisotopic (exact) mass is 198 g/mol. The maximum absolute atomic E-state index is 5.88. The van der Waals surface area contributed by atoms with Gasteiger partial charge in [0.1, 0.15) is 0 Å². The Morgan fingerprint density at radius 2 is 1.86 bits per heavy atom. The van der Waals surface area contributed by atoms with Gasteiger partial charge in [0.2, 0.25) is 0 Å². The van der Waals surface area contributed by atoms with Gasteiger partial charge in [-0.3, -0.25) is 0 Å². The van der Waals surface area contributed by atoms with E-state index in [4.69, 9.17) is 5.73 Å². The molecule has 0 bridgehead atoms. The molecule has 0 spiro atoms. The summed E-state index contributed by atoms with van der Waals surface area (Å²) in [5.41, 5.74) is 5.88. The normalized spacial score (nSPS) is 21.9. The van der Waals surface area contributed by atoms with Crippen LogP contribution in [0.2, 0.25) is 0 Å². The molecule has 1 fully saturated rings. The minimum atomic E-state index is 0.397. The van der Waals surface area contributed by atoms with Gasteiger partial charge in [0.05, 0.1) is 0 Å². The molecule has 0 aromatic carbocycles. The van der Waals surface area contributed by atoms with Crippen molar-refractivity contribution in [2.45, 2.75) is 70.4 Å². The van der Waals surface area contributed by atoms with Crippen LogP contribution >= 0.6 is 0 Å². The van der Waals surface area contributed by atoms with Gasteiger partial charge in [-0.05, 0) is 32.2 Å². The molecule has 1 saturated carbocycles. The molecule has 14 heavy (non-hydrogen) atoms. The predicted molar refractivity (Wildman–Crippen MR) is 62.4 cm³/mol. The zero-order chi connectivity index (χ0) is 10.2. The summed E-state index contributed by atoms with van der Waals surface area (Å²) in [7, 11) is 0. The van der Waals surface area contributed by atoms with Crippen molar-refractivity contribution in [2.24, 2.45) is 5.73 Å². The second kappa shape index (κ2) is 7.24. The van der Waals surface area contributed by atoms with Crippen LogP contribution in [0.5, 0.6) is 0 Å². The zero-order valence-electron chi connectivity index (χ0n) is 9.60. The highest BCUT2D eigenvalue weighted by atomic mass is 14.9. The van der Waals surface area contributed by atoms with Crippen LogP contribution in [0, 0.1) is 0 Å². The van der Waals surface area contributed by atoms with Crippen LogP contribution in [0.1, 0.15) is 58.3 Å². The van der Waals surface area contributed by atoms with Crippen molar-refractivity contribution >= 4 is 0 Å². The Morgan fingerprint density at radius 3 is 2.43 bits per heavy atom. The van der Waals surface area contributed by atoms with Gasteiger partial charge in [0.25, 0.3) is 0 Å². The molecule has 1 aliphatic rings. The van der Waals surface area contributed by atoms with E-state index >= 15 is 0 Å². The third kappa shape index (κ3) is 4.97. The fourth-order valence-corrected chi connectivity index (χ4v) is 2.16. The Balaban J connectivity index is 2.04. The highest BCUT2D eigenvalue weighted by molar-refractivity contribution is 4.71. The van der Waals surface area contributed by atoms with Crippen LogP contribution in [0.25, 0.3) is 0 Å². The molecule has 0 aliphatic heterocycles. The summed E-state index contributed by atoms with van der Waals surface area (Å²) in [6, 6.07) is 1.18. The molecule has 1 aliphatic carbocycles. The van der Waals surface area contributed by atoms with Gasteiger partial charge in [-0.2, -0.15) is 0 Å². The lowest BCUT2D eigenvalue weighted by Crippen LogP contribution is -2.33. The summed E-state index contributed by atoms with van der Waals surface area (Å²) >= 11 is 0. The zero-order valence-corrected chi connectivity index (χ0v) is 9.60. The van der Waals surface area contributed by atoms with E-state index < -0.39 is 0 Å². The van der Waals surface area contributed by atoms with Crippen molar-refractivity contribution < 1.29 is 0 Å². The van der Waals surface area contributed by atoms with Crippen LogP contribution in [0.15, 0.2) is 0 Å². The minimum absolute atomic E-state index is 0.397. The third-order valence-electron chi connectivity index (χ3n) is 3.33. The summed E-state index contributed by atoms with van der Waals surface area (Å²) in [5.74, 6) is 0. The van der Waals surface area contributed by atoms with E-state index in [1.165, 1.54) is 38.5 Å². The SMILES string of the molecule is CCC(N)CCNC1CCCCCC1. The van der Waals surface area contributed by atoms with Crippen molar-refractivity contribution in [3.05, 3.63) is 0 Å². The Morgan fingerprint density at radius 1 is 1.21 bits per heavy atom. The first-order valence-electron chi connectivity index (χ1n) is 6.32. The van der Waals surface area contributed by atoms with Crippen LogP contribution in [0.4, 0.5) is 0 Å². The first-order valence-corrected chi connectivity index (χ1v) is 6.32. The molecule has 0 heterocycles. The molecule has 0 amide bonds. The lowest BCUT2D eigenvalue weighted by atomic mass is 10.1. The number of nitrogens with two attached hydrogens (primary N) is 1. The quantitative estimate of drug-likeness (QED) is 0.666. The first kappa shape index (κ1) is 12.0. The molecular weight excluding hydrogens is 172 g/mol. The Hall–Kier alpha value is -0.0800. The number of nitrogens with one attached hydrogen (secondary N) is 1. The fourth-order valence-electron chi connectivity index (χ4n) is 2.16. The molecule has 1 atom stereocenters. The number of hydrogen-bond donors (Lipinski definition) is 2. The topological polar surface area (TPSA) is 38.0 Å². The highest BCUT2D eigenvalue weighted by Gasteiger charge is 2.11. The van der Waals surface area contributed by atoms with E-state index in [-0.39, 0.29) is 0 Å². The minimum Gasteiger partial charge on any atom is -0.328 e. The number of rotatable bonds is 5. The summed E-state index contributed by atoms with van der Waals surface area (Å²) in [6.07, 6.45) is 10.7. The van der Waals surface area contributed by atoms with E-state index in [1.807, 2.05) is 0 Å². The smallest absolute Gasteiger partial charge is 0.00670 e. The molecule has 0 aromatic heterocycles. The maximum atomic E-state index is 5.88. The van der Waals surface area contributed by atoms with Gasteiger partial charge < -0.3 is 11.1 Å². The Labute approximate surface area is 88.6 Å². The molecule has 2 nitrogen and oxygen atoms in total. The van der Waals surface area contributed by atoms with Gasteiger partial charge in [-0.25, -0.2) is 0 Å². The van der Waals surface area contributed by atoms with Crippen molar-refractivity contribution in [1.82, 2.24) is 5.32 Å². The van der Waals surface area contributed by atoms with E-state index in [9.17, 15) is 0 Å². The van der Waals surface area contributed by atoms with E-state index in [2.05, 4.69) is 12.2 Å². The van der Waals surface area contributed by atoms with Crippen molar-refractivity contribution in [1.29, 1.82) is 0 Å². The summed E-state index contributed by atoms with van der Waals surface area (Å²) in [5, 5.41) is 3.65. The molecule has 3 N–H and O–H groups in total. The average Bonchev–Trinajstić information content (AvgIpc) is 2.46. The summed E-state index contributed by atoms with van der Waals surface area (Å²) in [4.78, 5) is 0. The summed E-state index contributed by atoms with van der Waals surface area (Å²) in [6.45, 7) is 3.27. The van der Waals surface area contributed by atoms with E-state index in [1.54, 1.807) is 0 Å². The number of hydrogen-bond acceptors (Lipinski definition) is 2. The lowest BCUT2D eigenvalue weighted by molar-refractivity contribution is 0.439. The highest BCUT2D eigenvalue weighted by Crippen LogP contribution is 2.17. The lowest BCUT2D eigenvalue weighted by Gasteiger charge is -2.17. The molecule has 84 valence electrons. The molecule has 0 aromatic rings. The standard InChI is InChI=1S/C12H26N2/c1-2-11(13)9-10-14-12-7-5-3-4-6-8-12/h11-12,14H,2-10,13H2,1H3. The van der Waals surface area contributed by atoms with Gasteiger partial charge >= 0.3 is 0 Å². The van der Waals surface area contributed by atoms with Crippen LogP contribution in [-0.2, 0) is 0 Å². The Bertz CT molecular complexity index is 128. The first-order chi connectivity index (χ1) is 6.83. The van der Waals surface area contributed by atoms with Crippen LogP contribution in [-0.4, -0.2) is 18.6 Å². The maximum Gasteiger partial charge on any atom is 0.00670 e. The van der Waals surface area contributed by atoms with Crippen LogP contribution < -0.4 is 11.1 Å². The van der Waals surface area contributed by atoms with Crippen molar-refractivity contribution in [2.75, 3.05) is 6.54 Å². The van der Waals surface area contributed by atoms with E-state index in [0.29, 0.717) is 6.04 Å². The molecule has 1 rings (SSSR count). The van der Waals surface area contributed by atoms with Gasteiger partial charge in [0.15, 0.2) is 0 Å². The van der Waals surface area contributed by atoms with Crippen molar-refractivity contribution in [3.63, 3.8) is 0 Å². The molecule has 0 radical (unpaired) electrons. The molecule has 1 unspecified atom stereocenters. The van der Waals surface area contributed by atoms with Gasteiger partial charge in [-0.15, -0.1) is 0 Å². The molecule has 0 saturated heterocycles. The molecule has 2 heteroatoms. The summed E-state index contributed by atoms with van der Waals surface area (Å²) < 4.78 is 0. The average molecular weight is 198 g/mol. The van der Waals surface area contributed by atoms with E-state index in [0.717, 1.165) is 25.4 Å². The van der Waals surface area contributed by atoms with Gasteiger partial charge in [0, 0.05) is 12.1 Å². The largest absolute Gasteiger partial charge is 0.328 e.